The van der Waals surface area contributed by atoms with Gasteiger partial charge in [-0.25, -0.2) is 0 Å². The van der Waals surface area contributed by atoms with Crippen LogP contribution in [0.1, 0.15) is 71.8 Å². The number of nitrogens with two attached hydrogens (primary N) is 1. The van der Waals surface area contributed by atoms with E-state index in [1.54, 1.807) is 0 Å². The fraction of sp³-hybridized carbons (Fsp3) is 0.478. The van der Waals surface area contributed by atoms with Crippen molar-refractivity contribution in [2.75, 3.05) is 6.54 Å². The number of hydrogen-bond acceptors (Lipinski definition) is 5. The summed E-state index contributed by atoms with van der Waals surface area (Å²) in [5.41, 5.74) is 15.5. The van der Waals surface area contributed by atoms with Crippen molar-refractivity contribution >= 4 is 25.2 Å². The molecule has 2 aromatic rings. The summed E-state index contributed by atoms with van der Waals surface area (Å²) in [7, 11) is -1.48. The van der Waals surface area contributed by atoms with Gasteiger partial charge in [0.05, 0.1) is 12.2 Å². The van der Waals surface area contributed by atoms with Crippen molar-refractivity contribution < 1.29 is 19.4 Å². The van der Waals surface area contributed by atoms with Crippen molar-refractivity contribution in [3.63, 3.8) is 0 Å². The number of benzene rings is 2. The SMILES string of the molecule is CCC1OB(O)c2cc3c(cc21)CCC3.NC[C@H]1OB(O)c2cc3c(cc21)CCC3. The number of rotatable bonds is 2. The predicted octanol–water partition coefficient (Wildman–Crippen LogP) is 1.24. The zero-order valence-electron chi connectivity index (χ0n) is 17.6. The molecule has 30 heavy (non-hydrogen) atoms. The van der Waals surface area contributed by atoms with Gasteiger partial charge in [0.1, 0.15) is 0 Å². The summed E-state index contributed by atoms with van der Waals surface area (Å²) in [4.78, 5) is 0. The highest BCUT2D eigenvalue weighted by molar-refractivity contribution is 6.62. The highest BCUT2D eigenvalue weighted by Gasteiger charge is 2.36. The summed E-state index contributed by atoms with van der Waals surface area (Å²) in [6.45, 7) is 2.53. The van der Waals surface area contributed by atoms with E-state index in [-0.39, 0.29) is 12.2 Å². The molecule has 2 atom stereocenters. The molecule has 2 aliphatic heterocycles. The Morgan fingerprint density at radius 3 is 1.70 bits per heavy atom. The molecule has 1 unspecified atom stereocenters. The van der Waals surface area contributed by atoms with Gasteiger partial charge in [-0.2, -0.15) is 0 Å². The molecule has 0 fully saturated rings. The standard InChI is InChI=1S/C12H15BO2.C11H14BNO2/c1-2-12-10-6-8-4-3-5-9(8)7-11(10)13(14)15-12;13-6-11-9-4-7-2-1-3-8(7)5-10(9)12(14)15-11/h6-7,12,14H,2-5H2,1H3;4-5,11,14H,1-3,6,13H2/t;11-/m.1/s1. The first-order valence-corrected chi connectivity index (χ1v) is 11.3. The van der Waals surface area contributed by atoms with Crippen molar-refractivity contribution in [2.24, 2.45) is 5.73 Å². The van der Waals surface area contributed by atoms with Crippen LogP contribution in [0.3, 0.4) is 0 Å². The fourth-order valence-electron chi connectivity index (χ4n) is 5.41. The molecule has 4 N–H and O–H groups in total. The van der Waals surface area contributed by atoms with E-state index < -0.39 is 14.2 Å². The topological polar surface area (TPSA) is 84.9 Å². The number of aryl methyl sites for hydroxylation is 4. The summed E-state index contributed by atoms with van der Waals surface area (Å²) >= 11 is 0. The number of fused-ring (bicyclic) bond motifs is 4. The van der Waals surface area contributed by atoms with E-state index in [0.29, 0.717) is 6.54 Å². The molecule has 0 saturated carbocycles. The molecular weight excluding hydrogens is 376 g/mol. The lowest BCUT2D eigenvalue weighted by Gasteiger charge is -2.09. The Morgan fingerprint density at radius 2 is 1.23 bits per heavy atom. The van der Waals surface area contributed by atoms with Crippen LogP contribution in [0.15, 0.2) is 24.3 Å². The summed E-state index contributed by atoms with van der Waals surface area (Å²) in [6.07, 6.45) is 8.01. The van der Waals surface area contributed by atoms with Crippen LogP contribution in [0.4, 0.5) is 0 Å². The molecule has 2 heterocycles. The minimum absolute atomic E-state index is 0.0981. The van der Waals surface area contributed by atoms with Crippen LogP contribution < -0.4 is 16.7 Å². The molecule has 0 spiro atoms. The molecule has 0 saturated heterocycles. The van der Waals surface area contributed by atoms with Crippen LogP contribution in [0, 0.1) is 0 Å². The van der Waals surface area contributed by atoms with Gasteiger partial charge in [0, 0.05) is 6.54 Å². The Labute approximate surface area is 178 Å². The largest absolute Gasteiger partial charge is 0.492 e. The van der Waals surface area contributed by atoms with Crippen LogP contribution in [-0.4, -0.2) is 30.8 Å². The molecule has 0 aromatic heterocycles. The maximum atomic E-state index is 9.79. The molecule has 0 bridgehead atoms. The Bertz CT molecular complexity index is 889. The van der Waals surface area contributed by atoms with Crippen LogP contribution in [0.5, 0.6) is 0 Å². The fourth-order valence-corrected chi connectivity index (χ4v) is 5.41. The zero-order valence-corrected chi connectivity index (χ0v) is 17.6. The van der Waals surface area contributed by atoms with E-state index in [4.69, 9.17) is 15.0 Å². The molecule has 4 aliphatic rings. The highest BCUT2D eigenvalue weighted by Crippen LogP contribution is 2.31. The van der Waals surface area contributed by atoms with E-state index in [2.05, 4.69) is 31.2 Å². The highest BCUT2D eigenvalue weighted by atomic mass is 16.5. The van der Waals surface area contributed by atoms with Gasteiger partial charge in [-0.3, -0.25) is 0 Å². The second-order valence-corrected chi connectivity index (χ2v) is 8.80. The lowest BCUT2D eigenvalue weighted by Crippen LogP contribution is -2.28. The molecule has 6 rings (SSSR count). The zero-order chi connectivity index (χ0) is 20.8. The summed E-state index contributed by atoms with van der Waals surface area (Å²) < 4.78 is 10.9. The molecule has 2 aromatic carbocycles. The minimum Gasteiger partial charge on any atom is -0.423 e. The first kappa shape index (κ1) is 20.3. The summed E-state index contributed by atoms with van der Waals surface area (Å²) in [6, 6.07) is 8.67. The van der Waals surface area contributed by atoms with Gasteiger partial charge < -0.3 is 25.1 Å². The second kappa shape index (κ2) is 8.13. The van der Waals surface area contributed by atoms with Gasteiger partial charge in [-0.05, 0) is 89.3 Å². The van der Waals surface area contributed by atoms with Crippen molar-refractivity contribution in [1.29, 1.82) is 0 Å². The van der Waals surface area contributed by atoms with E-state index in [1.807, 2.05) is 0 Å². The first-order chi connectivity index (χ1) is 14.6. The Morgan fingerprint density at radius 1 is 0.800 bits per heavy atom. The van der Waals surface area contributed by atoms with E-state index in [9.17, 15) is 10.0 Å². The average molecular weight is 405 g/mol. The van der Waals surface area contributed by atoms with Crippen molar-refractivity contribution in [3.05, 3.63) is 57.6 Å². The van der Waals surface area contributed by atoms with Crippen LogP contribution in [0.2, 0.25) is 0 Å². The quantitative estimate of drug-likeness (QED) is 0.655. The monoisotopic (exact) mass is 405 g/mol. The summed E-state index contributed by atoms with van der Waals surface area (Å²) in [5, 5.41) is 19.5. The van der Waals surface area contributed by atoms with Gasteiger partial charge in [0.2, 0.25) is 0 Å². The average Bonchev–Trinajstić information content (AvgIpc) is 3.52. The van der Waals surface area contributed by atoms with Crippen molar-refractivity contribution in [1.82, 2.24) is 0 Å². The van der Waals surface area contributed by atoms with Crippen LogP contribution in [0.25, 0.3) is 0 Å². The van der Waals surface area contributed by atoms with Gasteiger partial charge >= 0.3 is 14.2 Å². The molecule has 156 valence electrons. The third kappa shape index (κ3) is 3.43. The molecule has 2 aliphatic carbocycles. The van der Waals surface area contributed by atoms with E-state index >= 15 is 0 Å². The predicted molar refractivity (Wildman–Crippen MR) is 119 cm³/mol. The Kier molecular flexibility index (Phi) is 5.50. The number of hydrogen-bond donors (Lipinski definition) is 3. The Hall–Kier alpha value is -1.63. The van der Waals surface area contributed by atoms with Gasteiger partial charge in [0.25, 0.3) is 0 Å². The van der Waals surface area contributed by atoms with E-state index in [0.717, 1.165) is 42.2 Å². The molecule has 0 radical (unpaired) electrons. The van der Waals surface area contributed by atoms with Crippen LogP contribution >= 0.6 is 0 Å². The molecule has 7 heteroatoms. The lowest BCUT2D eigenvalue weighted by atomic mass is 9.77. The minimum atomic E-state index is -0.778. The van der Waals surface area contributed by atoms with Crippen LogP contribution in [-0.2, 0) is 35.0 Å². The van der Waals surface area contributed by atoms with Gasteiger partial charge in [-0.1, -0.05) is 31.2 Å². The molecular formula is C23H29B2NO4. The smallest absolute Gasteiger partial charge is 0.423 e. The van der Waals surface area contributed by atoms with Gasteiger partial charge in [0.15, 0.2) is 0 Å². The van der Waals surface area contributed by atoms with Gasteiger partial charge in [-0.15, -0.1) is 0 Å². The van der Waals surface area contributed by atoms with E-state index in [1.165, 1.54) is 47.1 Å². The third-order valence-electron chi connectivity index (χ3n) is 6.99. The second-order valence-electron chi connectivity index (χ2n) is 8.80. The maximum Gasteiger partial charge on any atom is 0.492 e. The Balaban J connectivity index is 0.000000128. The summed E-state index contributed by atoms with van der Waals surface area (Å²) in [5.74, 6) is 0. The normalized spacial score (nSPS) is 23.1. The first-order valence-electron chi connectivity index (χ1n) is 11.3. The third-order valence-corrected chi connectivity index (χ3v) is 6.99. The lowest BCUT2D eigenvalue weighted by molar-refractivity contribution is 0.186. The van der Waals surface area contributed by atoms with Crippen molar-refractivity contribution in [3.8, 4) is 0 Å². The molecule has 0 amide bonds. The maximum absolute atomic E-state index is 9.79. The molecule has 5 nitrogen and oxygen atoms in total. The van der Waals surface area contributed by atoms with Crippen molar-refractivity contribution in [2.45, 2.75) is 64.1 Å².